The van der Waals surface area contributed by atoms with Gasteiger partial charge in [0.25, 0.3) is 0 Å². The van der Waals surface area contributed by atoms with E-state index in [1.807, 2.05) is 24.4 Å². The highest BCUT2D eigenvalue weighted by molar-refractivity contribution is 5.85. The van der Waals surface area contributed by atoms with Crippen molar-refractivity contribution >= 4 is 12.4 Å². The van der Waals surface area contributed by atoms with Crippen LogP contribution in [0.25, 0.3) is 0 Å². The van der Waals surface area contributed by atoms with E-state index in [0.29, 0.717) is 5.92 Å². The second-order valence-corrected chi connectivity index (χ2v) is 2.41. The zero-order chi connectivity index (χ0) is 6.69. The Hall–Kier alpha value is -0.560. The van der Waals surface area contributed by atoms with Crippen molar-refractivity contribution in [1.29, 1.82) is 0 Å². The molecule has 0 atom stereocenters. The maximum absolute atomic E-state index is 4.18. The van der Waals surface area contributed by atoms with Crippen molar-refractivity contribution in [3.05, 3.63) is 30.1 Å². The zero-order valence-electron chi connectivity index (χ0n) is 6.24. The van der Waals surface area contributed by atoms with Gasteiger partial charge in [-0.3, -0.25) is 4.98 Å². The lowest BCUT2D eigenvalue weighted by Crippen LogP contribution is -1.88. The lowest BCUT2D eigenvalue weighted by molar-refractivity contribution is 0.823. The molecule has 0 aliphatic heterocycles. The van der Waals surface area contributed by atoms with Crippen LogP contribution < -0.4 is 0 Å². The van der Waals surface area contributed by atoms with E-state index < -0.39 is 0 Å². The lowest BCUT2D eigenvalue weighted by atomic mass is 10.1. The number of halogens is 1. The first kappa shape index (κ1) is 9.44. The van der Waals surface area contributed by atoms with E-state index in [9.17, 15) is 0 Å². The SMILES string of the molecule is CC(C)c1ccccn1.Cl. The van der Waals surface area contributed by atoms with Crippen LogP contribution in [0.2, 0.25) is 0 Å². The molecule has 0 aliphatic rings. The van der Waals surface area contributed by atoms with Crippen LogP contribution in [-0.2, 0) is 0 Å². The van der Waals surface area contributed by atoms with E-state index in [2.05, 4.69) is 18.8 Å². The molecule has 0 amide bonds. The number of hydrogen-bond donors (Lipinski definition) is 0. The fraction of sp³-hybridized carbons (Fsp3) is 0.375. The van der Waals surface area contributed by atoms with Gasteiger partial charge >= 0.3 is 0 Å². The van der Waals surface area contributed by atoms with E-state index in [-0.39, 0.29) is 12.4 Å². The van der Waals surface area contributed by atoms with Crippen LogP contribution in [0.15, 0.2) is 24.4 Å². The Morgan fingerprint density at radius 3 is 2.30 bits per heavy atom. The molecule has 0 unspecified atom stereocenters. The molecule has 2 heteroatoms. The van der Waals surface area contributed by atoms with Crippen molar-refractivity contribution < 1.29 is 0 Å². The van der Waals surface area contributed by atoms with Gasteiger partial charge in [0.1, 0.15) is 0 Å². The second-order valence-electron chi connectivity index (χ2n) is 2.41. The molecule has 0 aliphatic carbocycles. The first-order valence-corrected chi connectivity index (χ1v) is 3.21. The Balaban J connectivity index is 0.000000810. The molecule has 0 spiro atoms. The molecule has 0 bridgehead atoms. The van der Waals surface area contributed by atoms with Crippen LogP contribution in [0, 0.1) is 0 Å². The molecule has 1 nitrogen and oxygen atoms in total. The largest absolute Gasteiger partial charge is 0.261 e. The highest BCUT2D eigenvalue weighted by atomic mass is 35.5. The quantitative estimate of drug-likeness (QED) is 0.611. The second kappa shape index (κ2) is 4.29. The van der Waals surface area contributed by atoms with Gasteiger partial charge in [-0.2, -0.15) is 0 Å². The van der Waals surface area contributed by atoms with Crippen LogP contribution in [0.5, 0.6) is 0 Å². The monoisotopic (exact) mass is 157 g/mol. The van der Waals surface area contributed by atoms with Gasteiger partial charge in [0.2, 0.25) is 0 Å². The zero-order valence-corrected chi connectivity index (χ0v) is 7.06. The maximum Gasteiger partial charge on any atom is 0.0428 e. The predicted octanol–water partition coefficient (Wildman–Crippen LogP) is 2.63. The third-order valence-electron chi connectivity index (χ3n) is 1.28. The third kappa shape index (κ3) is 2.36. The van der Waals surface area contributed by atoms with E-state index >= 15 is 0 Å². The van der Waals surface area contributed by atoms with E-state index in [0.717, 1.165) is 5.69 Å². The summed E-state index contributed by atoms with van der Waals surface area (Å²) in [7, 11) is 0. The maximum atomic E-state index is 4.18. The minimum Gasteiger partial charge on any atom is -0.261 e. The van der Waals surface area contributed by atoms with Gasteiger partial charge in [-0.25, -0.2) is 0 Å². The molecule has 0 fully saturated rings. The summed E-state index contributed by atoms with van der Waals surface area (Å²) in [4.78, 5) is 4.18. The van der Waals surface area contributed by atoms with Gasteiger partial charge in [0.15, 0.2) is 0 Å². The summed E-state index contributed by atoms with van der Waals surface area (Å²) in [6.07, 6.45) is 1.83. The average Bonchev–Trinajstić information content (AvgIpc) is 1.90. The molecule has 56 valence electrons. The summed E-state index contributed by atoms with van der Waals surface area (Å²) < 4.78 is 0. The van der Waals surface area contributed by atoms with Crippen molar-refractivity contribution in [2.75, 3.05) is 0 Å². The van der Waals surface area contributed by atoms with Crippen LogP contribution in [0.4, 0.5) is 0 Å². The highest BCUT2D eigenvalue weighted by Crippen LogP contribution is 2.08. The van der Waals surface area contributed by atoms with Crippen molar-refractivity contribution in [2.45, 2.75) is 19.8 Å². The Labute approximate surface area is 67.9 Å². The minimum atomic E-state index is 0. The van der Waals surface area contributed by atoms with Gasteiger partial charge in [-0.15, -0.1) is 12.4 Å². The molecule has 1 heterocycles. The normalized spacial score (nSPS) is 9.10. The number of rotatable bonds is 1. The lowest BCUT2D eigenvalue weighted by Gasteiger charge is -2.00. The number of pyridine rings is 1. The highest BCUT2D eigenvalue weighted by Gasteiger charge is 1.95. The molecule has 1 aromatic heterocycles. The van der Waals surface area contributed by atoms with Crippen LogP contribution in [0.1, 0.15) is 25.5 Å². The van der Waals surface area contributed by atoms with Crippen LogP contribution in [0.3, 0.4) is 0 Å². The standard InChI is InChI=1S/C8H11N.ClH/c1-7(2)8-5-3-4-6-9-8;/h3-7H,1-2H3;1H. The van der Waals surface area contributed by atoms with Crippen LogP contribution in [-0.4, -0.2) is 4.98 Å². The van der Waals surface area contributed by atoms with Gasteiger partial charge in [-0.05, 0) is 18.1 Å². The minimum absolute atomic E-state index is 0. The van der Waals surface area contributed by atoms with Crippen LogP contribution >= 0.6 is 12.4 Å². The molecule has 0 saturated carbocycles. The first-order chi connectivity index (χ1) is 4.30. The topological polar surface area (TPSA) is 12.9 Å². The van der Waals surface area contributed by atoms with Crippen molar-refractivity contribution in [2.24, 2.45) is 0 Å². The molecule has 0 radical (unpaired) electrons. The Kier molecular flexibility index (Phi) is 4.05. The Bertz CT molecular complexity index is 172. The number of aromatic nitrogens is 1. The fourth-order valence-corrected chi connectivity index (χ4v) is 0.717. The number of nitrogens with zero attached hydrogens (tertiary/aromatic N) is 1. The van der Waals surface area contributed by atoms with Gasteiger partial charge < -0.3 is 0 Å². The van der Waals surface area contributed by atoms with E-state index in [1.54, 1.807) is 0 Å². The Morgan fingerprint density at radius 2 is 2.00 bits per heavy atom. The molecular weight excluding hydrogens is 146 g/mol. The molecule has 1 rings (SSSR count). The van der Waals surface area contributed by atoms with Crippen molar-refractivity contribution in [3.63, 3.8) is 0 Å². The first-order valence-electron chi connectivity index (χ1n) is 3.21. The summed E-state index contributed by atoms with van der Waals surface area (Å²) >= 11 is 0. The summed E-state index contributed by atoms with van der Waals surface area (Å²) in [5.41, 5.74) is 1.16. The van der Waals surface area contributed by atoms with E-state index in [1.165, 1.54) is 0 Å². The van der Waals surface area contributed by atoms with Gasteiger partial charge in [0.05, 0.1) is 0 Å². The van der Waals surface area contributed by atoms with E-state index in [4.69, 9.17) is 0 Å². The fourth-order valence-electron chi connectivity index (χ4n) is 0.717. The molecule has 0 aromatic carbocycles. The van der Waals surface area contributed by atoms with Gasteiger partial charge in [0, 0.05) is 11.9 Å². The predicted molar refractivity (Wildman–Crippen MR) is 45.6 cm³/mol. The molecule has 1 aromatic rings. The summed E-state index contributed by atoms with van der Waals surface area (Å²) in [5, 5.41) is 0. The molecule has 10 heavy (non-hydrogen) atoms. The smallest absolute Gasteiger partial charge is 0.0428 e. The molecule has 0 saturated heterocycles. The molecule has 0 N–H and O–H groups in total. The number of hydrogen-bond acceptors (Lipinski definition) is 1. The molecular formula is C8H12ClN. The van der Waals surface area contributed by atoms with Gasteiger partial charge in [-0.1, -0.05) is 19.9 Å². The van der Waals surface area contributed by atoms with Crippen molar-refractivity contribution in [3.8, 4) is 0 Å². The Morgan fingerprint density at radius 1 is 1.30 bits per heavy atom. The third-order valence-corrected chi connectivity index (χ3v) is 1.28. The summed E-state index contributed by atoms with van der Waals surface area (Å²) in [5.74, 6) is 0.547. The summed E-state index contributed by atoms with van der Waals surface area (Å²) in [6, 6.07) is 6.00. The average molecular weight is 158 g/mol. The van der Waals surface area contributed by atoms with Crippen molar-refractivity contribution in [1.82, 2.24) is 4.98 Å². The summed E-state index contributed by atoms with van der Waals surface area (Å²) in [6.45, 7) is 4.28.